The molecule has 0 spiro atoms. The van der Waals surface area contributed by atoms with Gasteiger partial charge in [-0.2, -0.15) is 5.10 Å². The highest BCUT2D eigenvalue weighted by Gasteiger charge is 2.36. The Labute approximate surface area is 127 Å². The molecule has 2 saturated carbocycles. The molecule has 0 amide bonds. The van der Waals surface area contributed by atoms with E-state index in [4.69, 9.17) is 9.84 Å². The molecule has 0 aromatic carbocycles. The molecule has 118 valence electrons. The second-order valence-electron chi connectivity index (χ2n) is 6.61. The van der Waals surface area contributed by atoms with Gasteiger partial charge in [0, 0.05) is 19.2 Å². The first-order valence-corrected chi connectivity index (χ1v) is 8.61. The molecule has 0 bridgehead atoms. The van der Waals surface area contributed by atoms with Crippen LogP contribution in [0.5, 0.6) is 0 Å². The predicted octanol–water partition coefficient (Wildman–Crippen LogP) is 3.11. The molecule has 3 rings (SSSR count). The zero-order valence-electron chi connectivity index (χ0n) is 13.1. The van der Waals surface area contributed by atoms with Gasteiger partial charge in [-0.1, -0.05) is 19.3 Å². The number of aromatic nitrogens is 2. The van der Waals surface area contributed by atoms with Crippen LogP contribution < -0.4 is 0 Å². The standard InChI is InChI=1S/C17H28N2O2/c1-2-21-17(13-8-9-13)16(20)12-14-10-11-19(18-14)15-6-4-3-5-7-15/h10-11,13,15-17,20H,2-9,12H2,1H3. The molecule has 4 nitrogen and oxygen atoms in total. The summed E-state index contributed by atoms with van der Waals surface area (Å²) in [5, 5.41) is 15.1. The van der Waals surface area contributed by atoms with Gasteiger partial charge in [0.05, 0.1) is 23.9 Å². The van der Waals surface area contributed by atoms with Gasteiger partial charge in [0.1, 0.15) is 0 Å². The average molecular weight is 292 g/mol. The average Bonchev–Trinajstić information content (AvgIpc) is 3.24. The lowest BCUT2D eigenvalue weighted by Crippen LogP contribution is -2.33. The molecule has 2 unspecified atom stereocenters. The lowest BCUT2D eigenvalue weighted by atomic mass is 9.96. The molecule has 4 heteroatoms. The van der Waals surface area contributed by atoms with Crippen LogP contribution >= 0.6 is 0 Å². The van der Waals surface area contributed by atoms with E-state index in [9.17, 15) is 5.11 Å². The molecular formula is C17H28N2O2. The van der Waals surface area contributed by atoms with Crippen molar-refractivity contribution in [2.75, 3.05) is 6.61 Å². The number of nitrogens with zero attached hydrogens (tertiary/aromatic N) is 2. The van der Waals surface area contributed by atoms with Crippen LogP contribution in [-0.4, -0.2) is 33.7 Å². The molecule has 2 fully saturated rings. The molecule has 1 aromatic heterocycles. The molecule has 1 heterocycles. The Balaban J connectivity index is 1.57. The van der Waals surface area contributed by atoms with Crippen LogP contribution in [0.4, 0.5) is 0 Å². The second kappa shape index (κ2) is 6.93. The van der Waals surface area contributed by atoms with Crippen LogP contribution in [0.1, 0.15) is 63.6 Å². The van der Waals surface area contributed by atoms with Crippen LogP contribution in [0.3, 0.4) is 0 Å². The van der Waals surface area contributed by atoms with Crippen molar-refractivity contribution in [3.8, 4) is 0 Å². The molecule has 0 saturated heterocycles. The third-order valence-corrected chi connectivity index (χ3v) is 4.86. The first-order valence-electron chi connectivity index (χ1n) is 8.61. The molecule has 1 N–H and O–H groups in total. The molecule has 21 heavy (non-hydrogen) atoms. The maximum Gasteiger partial charge on any atom is 0.0865 e. The SMILES string of the molecule is CCOC(C(O)Cc1ccn(C2CCCCC2)n1)C1CC1. The zero-order chi connectivity index (χ0) is 14.7. The summed E-state index contributed by atoms with van der Waals surface area (Å²) >= 11 is 0. The summed E-state index contributed by atoms with van der Waals surface area (Å²) < 4.78 is 7.86. The number of hydrogen-bond acceptors (Lipinski definition) is 3. The third kappa shape index (κ3) is 3.86. The van der Waals surface area contributed by atoms with Crippen LogP contribution in [0.2, 0.25) is 0 Å². The van der Waals surface area contributed by atoms with E-state index in [1.165, 1.54) is 44.9 Å². The van der Waals surface area contributed by atoms with E-state index in [1.807, 2.05) is 6.92 Å². The lowest BCUT2D eigenvalue weighted by Gasteiger charge is -2.23. The fraction of sp³-hybridized carbons (Fsp3) is 0.824. The van der Waals surface area contributed by atoms with E-state index >= 15 is 0 Å². The minimum Gasteiger partial charge on any atom is -0.390 e. The first kappa shape index (κ1) is 15.0. The molecule has 1 aromatic rings. The number of rotatable bonds is 7. The summed E-state index contributed by atoms with van der Waals surface area (Å²) in [7, 11) is 0. The minimum atomic E-state index is -0.424. The van der Waals surface area contributed by atoms with Crippen LogP contribution in [0.15, 0.2) is 12.3 Å². The Kier molecular flexibility index (Phi) is 4.96. The lowest BCUT2D eigenvalue weighted by molar-refractivity contribution is -0.0443. The molecule has 2 atom stereocenters. The third-order valence-electron chi connectivity index (χ3n) is 4.86. The van der Waals surface area contributed by atoms with Crippen molar-refractivity contribution in [2.24, 2.45) is 5.92 Å². The summed E-state index contributed by atoms with van der Waals surface area (Å²) in [6, 6.07) is 2.63. The fourth-order valence-electron chi connectivity index (χ4n) is 3.54. The Morgan fingerprint density at radius 1 is 1.29 bits per heavy atom. The number of aliphatic hydroxyl groups is 1. The van der Waals surface area contributed by atoms with Crippen LogP contribution in [0, 0.1) is 5.92 Å². The summed E-state index contributed by atoms with van der Waals surface area (Å²) in [5.74, 6) is 0.556. The smallest absolute Gasteiger partial charge is 0.0865 e. The van der Waals surface area contributed by atoms with Crippen molar-refractivity contribution in [2.45, 2.75) is 76.5 Å². The van der Waals surface area contributed by atoms with Crippen LogP contribution in [-0.2, 0) is 11.2 Å². The number of hydrogen-bond donors (Lipinski definition) is 1. The van der Waals surface area contributed by atoms with Gasteiger partial charge in [0.15, 0.2) is 0 Å². The molecule has 0 aliphatic heterocycles. The first-order chi connectivity index (χ1) is 10.3. The monoisotopic (exact) mass is 292 g/mol. The maximum absolute atomic E-state index is 10.4. The molecule has 0 radical (unpaired) electrons. The predicted molar refractivity (Wildman–Crippen MR) is 82.2 cm³/mol. The van der Waals surface area contributed by atoms with Gasteiger partial charge in [0.25, 0.3) is 0 Å². The van der Waals surface area contributed by atoms with Gasteiger partial charge in [-0.3, -0.25) is 4.68 Å². The highest BCUT2D eigenvalue weighted by atomic mass is 16.5. The topological polar surface area (TPSA) is 47.3 Å². The fourth-order valence-corrected chi connectivity index (χ4v) is 3.54. The quantitative estimate of drug-likeness (QED) is 0.840. The van der Waals surface area contributed by atoms with Crippen molar-refractivity contribution in [3.05, 3.63) is 18.0 Å². The van der Waals surface area contributed by atoms with E-state index in [0.29, 0.717) is 25.0 Å². The minimum absolute atomic E-state index is 0.00479. The highest BCUT2D eigenvalue weighted by Crippen LogP contribution is 2.36. The van der Waals surface area contributed by atoms with E-state index in [1.54, 1.807) is 0 Å². The van der Waals surface area contributed by atoms with Gasteiger partial charge in [0.2, 0.25) is 0 Å². The normalized spacial score (nSPS) is 23.1. The molecule has 2 aliphatic carbocycles. The highest BCUT2D eigenvalue weighted by molar-refractivity contribution is 5.03. The van der Waals surface area contributed by atoms with Crippen LogP contribution in [0.25, 0.3) is 0 Å². The molecular weight excluding hydrogens is 264 g/mol. The van der Waals surface area contributed by atoms with Crippen molar-refractivity contribution in [3.63, 3.8) is 0 Å². The Morgan fingerprint density at radius 3 is 2.71 bits per heavy atom. The van der Waals surface area contributed by atoms with Gasteiger partial charge >= 0.3 is 0 Å². The summed E-state index contributed by atoms with van der Waals surface area (Å²) in [5.41, 5.74) is 0.999. The Hall–Kier alpha value is -0.870. The Morgan fingerprint density at radius 2 is 2.05 bits per heavy atom. The summed E-state index contributed by atoms with van der Waals surface area (Å²) in [6.07, 6.45) is 11.1. The van der Waals surface area contributed by atoms with Crippen molar-refractivity contribution < 1.29 is 9.84 Å². The van der Waals surface area contributed by atoms with E-state index in [-0.39, 0.29) is 6.10 Å². The van der Waals surface area contributed by atoms with Crippen molar-refractivity contribution in [1.82, 2.24) is 9.78 Å². The zero-order valence-corrected chi connectivity index (χ0v) is 13.1. The van der Waals surface area contributed by atoms with E-state index in [2.05, 4.69) is 16.9 Å². The van der Waals surface area contributed by atoms with Crippen molar-refractivity contribution in [1.29, 1.82) is 0 Å². The van der Waals surface area contributed by atoms with Gasteiger partial charge < -0.3 is 9.84 Å². The summed E-state index contributed by atoms with van der Waals surface area (Å²) in [6.45, 7) is 2.68. The van der Waals surface area contributed by atoms with Crippen molar-refractivity contribution >= 4 is 0 Å². The second-order valence-corrected chi connectivity index (χ2v) is 6.61. The van der Waals surface area contributed by atoms with E-state index < -0.39 is 6.10 Å². The van der Waals surface area contributed by atoms with E-state index in [0.717, 1.165) is 5.69 Å². The van der Waals surface area contributed by atoms with Gasteiger partial charge in [-0.15, -0.1) is 0 Å². The number of ether oxygens (including phenoxy) is 1. The largest absolute Gasteiger partial charge is 0.390 e. The maximum atomic E-state index is 10.4. The summed E-state index contributed by atoms with van der Waals surface area (Å²) in [4.78, 5) is 0. The van der Waals surface area contributed by atoms with Gasteiger partial charge in [-0.25, -0.2) is 0 Å². The Bertz CT molecular complexity index is 436. The number of aliphatic hydroxyl groups excluding tert-OH is 1. The van der Waals surface area contributed by atoms with Gasteiger partial charge in [-0.05, 0) is 44.6 Å². The molecule has 2 aliphatic rings.